The van der Waals surface area contributed by atoms with Crippen LogP contribution in [-0.4, -0.2) is 13.2 Å². The second-order valence-corrected chi connectivity index (χ2v) is 5.54. The smallest absolute Gasteiger partial charge is 0.119 e. The van der Waals surface area contributed by atoms with E-state index in [0.717, 1.165) is 18.3 Å². The van der Waals surface area contributed by atoms with Crippen LogP contribution in [0.2, 0.25) is 0 Å². The normalized spacial score (nSPS) is 14.3. The molecule has 1 aliphatic rings. The van der Waals surface area contributed by atoms with Gasteiger partial charge in [-0.3, -0.25) is 0 Å². The maximum Gasteiger partial charge on any atom is 0.119 e. The van der Waals surface area contributed by atoms with Crippen molar-refractivity contribution in [2.75, 3.05) is 7.11 Å². The van der Waals surface area contributed by atoms with E-state index in [2.05, 4.69) is 42.6 Å². The summed E-state index contributed by atoms with van der Waals surface area (Å²) in [5.41, 5.74) is 5.16. The van der Waals surface area contributed by atoms with Crippen LogP contribution < -0.4 is 10.1 Å². The molecular formula is C18H21NO. The van der Waals surface area contributed by atoms with Gasteiger partial charge in [-0.2, -0.15) is 0 Å². The third kappa shape index (κ3) is 3.02. The van der Waals surface area contributed by atoms with Crippen molar-refractivity contribution in [3.63, 3.8) is 0 Å². The average Bonchev–Trinajstić information content (AvgIpc) is 3.31. The second-order valence-electron chi connectivity index (χ2n) is 5.54. The summed E-state index contributed by atoms with van der Waals surface area (Å²) in [5.74, 6) is 0.906. The Morgan fingerprint density at radius 3 is 2.75 bits per heavy atom. The topological polar surface area (TPSA) is 21.3 Å². The van der Waals surface area contributed by atoms with Crippen molar-refractivity contribution in [1.82, 2.24) is 5.32 Å². The number of aryl methyl sites for hydroxylation is 1. The molecule has 0 aliphatic heterocycles. The summed E-state index contributed by atoms with van der Waals surface area (Å²) < 4.78 is 5.32. The summed E-state index contributed by atoms with van der Waals surface area (Å²) in [4.78, 5) is 0. The fraction of sp³-hybridized carbons (Fsp3) is 0.333. The van der Waals surface area contributed by atoms with Gasteiger partial charge in [0.2, 0.25) is 0 Å². The van der Waals surface area contributed by atoms with Gasteiger partial charge in [0.25, 0.3) is 0 Å². The summed E-state index contributed by atoms with van der Waals surface area (Å²) >= 11 is 0. The molecule has 0 saturated heterocycles. The van der Waals surface area contributed by atoms with E-state index in [-0.39, 0.29) is 0 Å². The second kappa shape index (κ2) is 5.68. The Morgan fingerprint density at radius 2 is 2.00 bits per heavy atom. The highest BCUT2D eigenvalue weighted by Gasteiger charge is 2.20. The monoisotopic (exact) mass is 267 g/mol. The Hall–Kier alpha value is -1.80. The van der Waals surface area contributed by atoms with Crippen LogP contribution in [0.1, 0.15) is 24.0 Å². The first kappa shape index (κ1) is 13.2. The lowest BCUT2D eigenvalue weighted by molar-refractivity contribution is 0.415. The van der Waals surface area contributed by atoms with Gasteiger partial charge in [0.1, 0.15) is 5.75 Å². The number of benzene rings is 2. The molecule has 3 rings (SSSR count). The van der Waals surface area contributed by atoms with Crippen LogP contribution in [0, 0.1) is 6.92 Å². The quantitative estimate of drug-likeness (QED) is 0.886. The predicted molar refractivity (Wildman–Crippen MR) is 83.0 cm³/mol. The molecule has 0 bridgehead atoms. The average molecular weight is 267 g/mol. The molecule has 2 aromatic carbocycles. The maximum absolute atomic E-state index is 5.32. The zero-order chi connectivity index (χ0) is 13.9. The SMILES string of the molecule is COc1cccc(-c2cc(CNC3CC3)ccc2C)c1. The molecule has 0 aromatic heterocycles. The van der Waals surface area contributed by atoms with Gasteiger partial charge in [0, 0.05) is 12.6 Å². The fourth-order valence-corrected chi connectivity index (χ4v) is 2.43. The van der Waals surface area contributed by atoms with Crippen molar-refractivity contribution in [3.8, 4) is 16.9 Å². The van der Waals surface area contributed by atoms with E-state index in [0.29, 0.717) is 0 Å². The van der Waals surface area contributed by atoms with Gasteiger partial charge < -0.3 is 10.1 Å². The first-order valence-corrected chi connectivity index (χ1v) is 7.23. The molecule has 0 heterocycles. The summed E-state index contributed by atoms with van der Waals surface area (Å²) in [6.07, 6.45) is 2.66. The molecule has 1 N–H and O–H groups in total. The zero-order valence-electron chi connectivity index (χ0n) is 12.1. The summed E-state index contributed by atoms with van der Waals surface area (Å²) in [5, 5.41) is 3.57. The Bertz CT molecular complexity index is 602. The van der Waals surface area contributed by atoms with E-state index in [1.165, 1.54) is 35.1 Å². The standard InChI is InChI=1S/C18H21NO/c1-13-6-7-14(12-19-16-8-9-16)10-18(13)15-4-3-5-17(11-15)20-2/h3-7,10-11,16,19H,8-9,12H2,1-2H3. The minimum absolute atomic E-state index is 0.747. The molecule has 20 heavy (non-hydrogen) atoms. The molecule has 0 radical (unpaired) electrons. The lowest BCUT2D eigenvalue weighted by Gasteiger charge is -2.11. The first-order valence-electron chi connectivity index (χ1n) is 7.23. The van der Waals surface area contributed by atoms with Gasteiger partial charge in [0.15, 0.2) is 0 Å². The van der Waals surface area contributed by atoms with Crippen LogP contribution in [0.5, 0.6) is 5.75 Å². The van der Waals surface area contributed by atoms with Crippen molar-refractivity contribution in [1.29, 1.82) is 0 Å². The Balaban J connectivity index is 1.87. The summed E-state index contributed by atoms with van der Waals surface area (Å²) in [7, 11) is 1.71. The van der Waals surface area contributed by atoms with Crippen molar-refractivity contribution in [2.45, 2.75) is 32.4 Å². The van der Waals surface area contributed by atoms with Crippen LogP contribution in [0.15, 0.2) is 42.5 Å². The molecule has 0 spiro atoms. The van der Waals surface area contributed by atoms with Gasteiger partial charge in [-0.1, -0.05) is 24.3 Å². The highest BCUT2D eigenvalue weighted by Crippen LogP contribution is 2.28. The molecule has 0 amide bonds. The molecule has 1 fully saturated rings. The molecule has 2 heteroatoms. The molecule has 1 aliphatic carbocycles. The van der Waals surface area contributed by atoms with E-state index < -0.39 is 0 Å². The first-order chi connectivity index (χ1) is 9.76. The van der Waals surface area contributed by atoms with Gasteiger partial charge in [-0.05, 0) is 60.2 Å². The van der Waals surface area contributed by atoms with E-state index in [9.17, 15) is 0 Å². The highest BCUT2D eigenvalue weighted by molar-refractivity contribution is 5.69. The van der Waals surface area contributed by atoms with Gasteiger partial charge in [-0.25, -0.2) is 0 Å². The Morgan fingerprint density at radius 1 is 1.15 bits per heavy atom. The zero-order valence-corrected chi connectivity index (χ0v) is 12.1. The lowest BCUT2D eigenvalue weighted by Crippen LogP contribution is -2.15. The molecule has 2 aromatic rings. The highest BCUT2D eigenvalue weighted by atomic mass is 16.5. The summed E-state index contributed by atoms with van der Waals surface area (Å²) in [6, 6.07) is 15.7. The number of ether oxygens (including phenoxy) is 1. The molecule has 0 unspecified atom stereocenters. The van der Waals surface area contributed by atoms with Crippen LogP contribution >= 0.6 is 0 Å². The molecule has 1 saturated carbocycles. The van der Waals surface area contributed by atoms with Crippen molar-refractivity contribution >= 4 is 0 Å². The maximum atomic E-state index is 5.32. The Kier molecular flexibility index (Phi) is 3.75. The molecule has 104 valence electrons. The number of methoxy groups -OCH3 is 1. The predicted octanol–water partition coefficient (Wildman–Crippen LogP) is 3.92. The Labute approximate surface area is 120 Å². The number of nitrogens with one attached hydrogen (secondary N) is 1. The van der Waals surface area contributed by atoms with Crippen molar-refractivity contribution in [2.24, 2.45) is 0 Å². The number of hydrogen-bond acceptors (Lipinski definition) is 2. The third-order valence-electron chi connectivity index (χ3n) is 3.85. The van der Waals surface area contributed by atoms with E-state index in [1.54, 1.807) is 7.11 Å². The van der Waals surface area contributed by atoms with E-state index in [4.69, 9.17) is 4.74 Å². The van der Waals surface area contributed by atoms with Crippen molar-refractivity contribution in [3.05, 3.63) is 53.6 Å². The minimum atomic E-state index is 0.747. The van der Waals surface area contributed by atoms with Crippen LogP contribution in [0.25, 0.3) is 11.1 Å². The number of hydrogen-bond donors (Lipinski definition) is 1. The molecule has 0 atom stereocenters. The molecule has 2 nitrogen and oxygen atoms in total. The van der Waals surface area contributed by atoms with E-state index in [1.807, 2.05) is 12.1 Å². The van der Waals surface area contributed by atoms with Gasteiger partial charge in [0.05, 0.1) is 7.11 Å². The van der Waals surface area contributed by atoms with E-state index >= 15 is 0 Å². The fourth-order valence-electron chi connectivity index (χ4n) is 2.43. The van der Waals surface area contributed by atoms with Gasteiger partial charge >= 0.3 is 0 Å². The third-order valence-corrected chi connectivity index (χ3v) is 3.85. The van der Waals surface area contributed by atoms with Crippen LogP contribution in [0.3, 0.4) is 0 Å². The molecular weight excluding hydrogens is 246 g/mol. The lowest BCUT2D eigenvalue weighted by atomic mass is 9.98. The van der Waals surface area contributed by atoms with Gasteiger partial charge in [-0.15, -0.1) is 0 Å². The summed E-state index contributed by atoms with van der Waals surface area (Å²) in [6.45, 7) is 3.12. The van der Waals surface area contributed by atoms with Crippen LogP contribution in [0.4, 0.5) is 0 Å². The van der Waals surface area contributed by atoms with Crippen LogP contribution in [-0.2, 0) is 6.54 Å². The van der Waals surface area contributed by atoms with Crippen molar-refractivity contribution < 1.29 is 4.74 Å². The minimum Gasteiger partial charge on any atom is -0.497 e. The largest absolute Gasteiger partial charge is 0.497 e. The number of rotatable bonds is 5.